The highest BCUT2D eigenvalue weighted by atomic mass is 35.5. The molecule has 0 aromatic heterocycles. The van der Waals surface area contributed by atoms with E-state index in [-0.39, 0.29) is 43.6 Å². The van der Waals surface area contributed by atoms with Gasteiger partial charge in [-0.25, -0.2) is 0 Å². The number of nitrogens with two attached hydrogens (primary N) is 1. The van der Waals surface area contributed by atoms with Crippen LogP contribution in [-0.2, 0) is 20.7 Å². The lowest BCUT2D eigenvalue weighted by atomic mass is 10.0. The largest absolute Gasteiger partial charge is 0.487 e. The lowest BCUT2D eigenvalue weighted by Crippen LogP contribution is -2.42. The first-order valence-corrected chi connectivity index (χ1v) is 6.51. The first kappa shape index (κ1) is 17.3. The van der Waals surface area contributed by atoms with Crippen LogP contribution in [-0.4, -0.2) is 37.2 Å². The minimum absolute atomic E-state index is 0. The Labute approximate surface area is 129 Å². The van der Waals surface area contributed by atoms with Crippen LogP contribution in [0.1, 0.15) is 12.5 Å². The number of hydrogen-bond acceptors (Lipinski definition) is 5. The monoisotopic (exact) mass is 314 g/mol. The number of nitrogens with one attached hydrogen (secondary N) is 1. The van der Waals surface area contributed by atoms with Crippen molar-refractivity contribution in [3.8, 4) is 5.75 Å². The molecule has 1 amide bonds. The Morgan fingerprint density at radius 1 is 1.43 bits per heavy atom. The van der Waals surface area contributed by atoms with Crippen molar-refractivity contribution in [1.82, 2.24) is 5.32 Å². The van der Waals surface area contributed by atoms with Gasteiger partial charge in [-0.15, -0.1) is 12.4 Å². The maximum Gasteiger partial charge on any atom is 0.325 e. The number of halogens is 1. The average Bonchev–Trinajstić information content (AvgIpc) is 2.45. The van der Waals surface area contributed by atoms with Crippen LogP contribution in [0.5, 0.6) is 5.75 Å². The van der Waals surface area contributed by atoms with Gasteiger partial charge in [0.2, 0.25) is 5.91 Å². The van der Waals surface area contributed by atoms with Gasteiger partial charge in [0.1, 0.15) is 24.5 Å². The fraction of sp³-hybridized carbons (Fsp3) is 0.429. The first-order chi connectivity index (χ1) is 9.60. The van der Waals surface area contributed by atoms with Crippen LogP contribution < -0.4 is 15.8 Å². The number of esters is 1. The molecule has 1 aromatic carbocycles. The summed E-state index contributed by atoms with van der Waals surface area (Å²) in [6.07, 6.45) is 0.0275. The fourth-order valence-corrected chi connectivity index (χ4v) is 2.04. The Bertz CT molecular complexity index is 510. The third kappa shape index (κ3) is 4.61. The van der Waals surface area contributed by atoms with Crippen molar-refractivity contribution in [3.05, 3.63) is 29.8 Å². The van der Waals surface area contributed by atoms with E-state index in [0.717, 1.165) is 11.3 Å². The molecule has 1 heterocycles. The van der Waals surface area contributed by atoms with Gasteiger partial charge in [0, 0.05) is 6.42 Å². The first-order valence-electron chi connectivity index (χ1n) is 6.51. The topological polar surface area (TPSA) is 90.6 Å². The molecule has 0 saturated carbocycles. The standard InChI is InChI=1S/C14H18N2O4.ClH/c1-9-12(20-14(18)8-16-13(17)7-15)6-10-4-2-3-5-11(10)19-9;/h2-5,9,12H,6-8,15H2,1H3,(H,16,17);1H. The number of para-hydroxylation sites is 1. The molecule has 0 aliphatic carbocycles. The quantitative estimate of drug-likeness (QED) is 0.786. The molecular formula is C14H19ClN2O4. The third-order valence-corrected chi connectivity index (χ3v) is 3.13. The SMILES string of the molecule is CC1Oc2ccccc2CC1OC(=O)CNC(=O)CN.Cl. The van der Waals surface area contributed by atoms with Crippen LogP contribution in [0.3, 0.4) is 0 Å². The number of ether oxygens (including phenoxy) is 2. The summed E-state index contributed by atoms with van der Waals surface area (Å²) < 4.78 is 11.0. The van der Waals surface area contributed by atoms with Crippen molar-refractivity contribution in [2.24, 2.45) is 5.73 Å². The number of rotatable bonds is 4. The Kier molecular flexibility index (Phi) is 6.45. The zero-order chi connectivity index (χ0) is 14.5. The van der Waals surface area contributed by atoms with Gasteiger partial charge >= 0.3 is 5.97 Å². The van der Waals surface area contributed by atoms with E-state index in [4.69, 9.17) is 15.2 Å². The van der Waals surface area contributed by atoms with E-state index in [9.17, 15) is 9.59 Å². The van der Waals surface area contributed by atoms with Crippen molar-refractivity contribution in [1.29, 1.82) is 0 Å². The minimum atomic E-state index is -0.494. The molecule has 1 aliphatic rings. The summed E-state index contributed by atoms with van der Waals surface area (Å²) >= 11 is 0. The van der Waals surface area contributed by atoms with Gasteiger partial charge in [-0.1, -0.05) is 18.2 Å². The van der Waals surface area contributed by atoms with Gasteiger partial charge in [0.05, 0.1) is 6.54 Å². The molecule has 1 aliphatic heterocycles. The van der Waals surface area contributed by atoms with Crippen LogP contribution in [0.15, 0.2) is 24.3 Å². The van der Waals surface area contributed by atoms with Crippen molar-refractivity contribution in [2.45, 2.75) is 25.6 Å². The molecule has 0 saturated heterocycles. The van der Waals surface area contributed by atoms with Gasteiger partial charge in [0.25, 0.3) is 0 Å². The molecule has 6 nitrogen and oxygen atoms in total. The number of carbonyl (C=O) groups is 2. The summed E-state index contributed by atoms with van der Waals surface area (Å²) in [5.74, 6) is -0.0596. The van der Waals surface area contributed by atoms with Crippen LogP contribution in [0.25, 0.3) is 0 Å². The molecule has 2 atom stereocenters. The smallest absolute Gasteiger partial charge is 0.325 e. The Balaban J connectivity index is 0.00000220. The summed E-state index contributed by atoms with van der Waals surface area (Å²) in [7, 11) is 0. The molecule has 0 radical (unpaired) electrons. The zero-order valence-corrected chi connectivity index (χ0v) is 12.5. The number of amides is 1. The molecule has 7 heteroatoms. The number of carbonyl (C=O) groups excluding carboxylic acids is 2. The highest BCUT2D eigenvalue weighted by Gasteiger charge is 2.29. The second-order valence-corrected chi connectivity index (χ2v) is 4.64. The predicted octanol–water partition coefficient (Wildman–Crippen LogP) is 0.419. The second-order valence-electron chi connectivity index (χ2n) is 4.64. The molecule has 0 bridgehead atoms. The summed E-state index contributed by atoms with van der Waals surface area (Å²) in [4.78, 5) is 22.6. The van der Waals surface area contributed by atoms with Gasteiger partial charge in [-0.2, -0.15) is 0 Å². The molecule has 0 spiro atoms. The molecule has 3 N–H and O–H groups in total. The molecule has 2 unspecified atom stereocenters. The van der Waals surface area contributed by atoms with E-state index in [1.165, 1.54) is 0 Å². The summed E-state index contributed by atoms with van der Waals surface area (Å²) in [6, 6.07) is 7.66. The highest BCUT2D eigenvalue weighted by Crippen LogP contribution is 2.28. The third-order valence-electron chi connectivity index (χ3n) is 3.13. The van der Waals surface area contributed by atoms with E-state index in [1.807, 2.05) is 31.2 Å². The molecule has 2 rings (SSSR count). The van der Waals surface area contributed by atoms with Crippen molar-refractivity contribution < 1.29 is 19.1 Å². The maximum absolute atomic E-state index is 11.7. The number of hydrogen-bond donors (Lipinski definition) is 2. The van der Waals surface area contributed by atoms with Crippen molar-refractivity contribution >= 4 is 24.3 Å². The zero-order valence-electron chi connectivity index (χ0n) is 11.7. The maximum atomic E-state index is 11.7. The Hall–Kier alpha value is -1.79. The van der Waals surface area contributed by atoms with Gasteiger partial charge in [0.15, 0.2) is 0 Å². The summed E-state index contributed by atoms with van der Waals surface area (Å²) in [5, 5.41) is 2.38. The van der Waals surface area contributed by atoms with E-state index in [2.05, 4.69) is 5.32 Å². The molecule has 0 fully saturated rings. The molecule has 21 heavy (non-hydrogen) atoms. The van der Waals surface area contributed by atoms with Gasteiger partial charge in [-0.3, -0.25) is 9.59 Å². The van der Waals surface area contributed by atoms with E-state index < -0.39 is 5.97 Å². The van der Waals surface area contributed by atoms with Crippen molar-refractivity contribution in [2.75, 3.05) is 13.1 Å². The molecule has 1 aromatic rings. The minimum Gasteiger partial charge on any atom is -0.487 e. The summed E-state index contributed by atoms with van der Waals surface area (Å²) in [6.45, 7) is 1.52. The Morgan fingerprint density at radius 2 is 2.14 bits per heavy atom. The highest BCUT2D eigenvalue weighted by molar-refractivity contribution is 5.85. The van der Waals surface area contributed by atoms with Crippen LogP contribution in [0, 0.1) is 0 Å². The van der Waals surface area contributed by atoms with Crippen LogP contribution in [0.2, 0.25) is 0 Å². The van der Waals surface area contributed by atoms with Gasteiger partial charge in [-0.05, 0) is 18.6 Å². The van der Waals surface area contributed by atoms with Crippen molar-refractivity contribution in [3.63, 3.8) is 0 Å². The number of fused-ring (bicyclic) bond motifs is 1. The Morgan fingerprint density at radius 3 is 2.86 bits per heavy atom. The molecular weight excluding hydrogens is 296 g/mol. The van der Waals surface area contributed by atoms with Gasteiger partial charge < -0.3 is 20.5 Å². The second kappa shape index (κ2) is 7.85. The average molecular weight is 315 g/mol. The number of benzene rings is 1. The normalized spacial score (nSPS) is 19.5. The molecule has 116 valence electrons. The van der Waals surface area contributed by atoms with E-state index in [0.29, 0.717) is 6.42 Å². The van der Waals surface area contributed by atoms with E-state index >= 15 is 0 Å². The lowest BCUT2D eigenvalue weighted by Gasteiger charge is -2.31. The predicted molar refractivity (Wildman–Crippen MR) is 79.4 cm³/mol. The lowest BCUT2D eigenvalue weighted by molar-refractivity contribution is -0.154. The summed E-state index contributed by atoms with van der Waals surface area (Å²) in [5.41, 5.74) is 6.14. The van der Waals surface area contributed by atoms with Crippen LogP contribution >= 0.6 is 12.4 Å². The van der Waals surface area contributed by atoms with E-state index in [1.54, 1.807) is 0 Å². The van der Waals surface area contributed by atoms with Crippen LogP contribution in [0.4, 0.5) is 0 Å². The fourth-order valence-electron chi connectivity index (χ4n) is 2.04.